The van der Waals surface area contributed by atoms with Crippen LogP contribution in [0.25, 0.3) is 0 Å². The van der Waals surface area contributed by atoms with E-state index in [0.717, 1.165) is 38.8 Å². The Balaban J connectivity index is 1.57. The van der Waals surface area contributed by atoms with Crippen molar-refractivity contribution >= 4 is 0 Å². The summed E-state index contributed by atoms with van der Waals surface area (Å²) in [7, 11) is 0. The van der Waals surface area contributed by atoms with E-state index in [0.29, 0.717) is 6.04 Å². The van der Waals surface area contributed by atoms with Gasteiger partial charge < -0.3 is 15.4 Å². The number of piperidine rings is 1. The van der Waals surface area contributed by atoms with Crippen LogP contribution in [0.2, 0.25) is 0 Å². The average molecular weight is 241 g/mol. The molecule has 0 amide bonds. The fourth-order valence-corrected chi connectivity index (χ4v) is 2.70. The van der Waals surface area contributed by atoms with Crippen molar-refractivity contribution in [1.29, 1.82) is 0 Å². The molecule has 2 fully saturated rings. The van der Waals surface area contributed by atoms with E-state index < -0.39 is 0 Å². The Morgan fingerprint density at radius 1 is 1.41 bits per heavy atom. The minimum Gasteiger partial charge on any atom is -0.379 e. The monoisotopic (exact) mass is 241 g/mol. The van der Waals surface area contributed by atoms with Gasteiger partial charge >= 0.3 is 0 Å². The number of morpholine rings is 1. The summed E-state index contributed by atoms with van der Waals surface area (Å²) < 4.78 is 5.37. The molecule has 0 bridgehead atoms. The van der Waals surface area contributed by atoms with Crippen molar-refractivity contribution in [3.05, 3.63) is 0 Å². The fraction of sp³-hybridized carbons (Fsp3) is 1.00. The maximum atomic E-state index is 5.37. The number of hydrogen-bond donors (Lipinski definition) is 2. The first-order valence-corrected chi connectivity index (χ1v) is 7.09. The molecule has 0 radical (unpaired) electrons. The third-order valence-electron chi connectivity index (χ3n) is 3.79. The molecule has 0 aliphatic carbocycles. The molecular weight excluding hydrogens is 214 g/mol. The smallest absolute Gasteiger partial charge is 0.0594 e. The van der Waals surface area contributed by atoms with Gasteiger partial charge in [0, 0.05) is 25.7 Å². The van der Waals surface area contributed by atoms with Crippen LogP contribution in [0.1, 0.15) is 19.8 Å². The lowest BCUT2D eigenvalue weighted by Gasteiger charge is -2.30. The molecule has 2 heterocycles. The molecule has 17 heavy (non-hydrogen) atoms. The van der Waals surface area contributed by atoms with Gasteiger partial charge in [-0.1, -0.05) is 0 Å². The molecule has 0 spiro atoms. The topological polar surface area (TPSA) is 36.5 Å². The molecule has 4 nitrogen and oxygen atoms in total. The Bertz CT molecular complexity index is 201. The zero-order chi connectivity index (χ0) is 11.9. The molecule has 100 valence electrons. The molecule has 2 unspecified atom stereocenters. The second-order valence-electron chi connectivity index (χ2n) is 5.43. The largest absolute Gasteiger partial charge is 0.379 e. The minimum absolute atomic E-state index is 0.593. The third-order valence-corrected chi connectivity index (χ3v) is 3.79. The first-order valence-electron chi connectivity index (χ1n) is 7.09. The van der Waals surface area contributed by atoms with Gasteiger partial charge in [-0.15, -0.1) is 0 Å². The van der Waals surface area contributed by atoms with E-state index in [1.165, 1.54) is 32.5 Å². The lowest BCUT2D eigenvalue weighted by atomic mass is 9.99. The molecule has 0 aromatic heterocycles. The van der Waals surface area contributed by atoms with Gasteiger partial charge in [-0.2, -0.15) is 0 Å². The van der Waals surface area contributed by atoms with E-state index in [1.54, 1.807) is 0 Å². The van der Waals surface area contributed by atoms with E-state index >= 15 is 0 Å². The summed E-state index contributed by atoms with van der Waals surface area (Å²) in [5, 5.41) is 7.15. The molecule has 0 aromatic rings. The summed E-state index contributed by atoms with van der Waals surface area (Å²) >= 11 is 0. The van der Waals surface area contributed by atoms with Crippen LogP contribution in [0.4, 0.5) is 0 Å². The number of ether oxygens (including phenoxy) is 1. The summed E-state index contributed by atoms with van der Waals surface area (Å²) in [6, 6.07) is 0.593. The Morgan fingerprint density at radius 3 is 2.94 bits per heavy atom. The van der Waals surface area contributed by atoms with E-state index in [1.807, 2.05) is 0 Å². The molecule has 2 aliphatic heterocycles. The van der Waals surface area contributed by atoms with Gasteiger partial charge in [-0.25, -0.2) is 0 Å². The normalized spacial score (nSPS) is 29.1. The number of nitrogens with zero attached hydrogens (tertiary/aromatic N) is 1. The lowest BCUT2D eigenvalue weighted by Crippen LogP contribution is -2.46. The Morgan fingerprint density at radius 2 is 2.24 bits per heavy atom. The summed E-state index contributed by atoms with van der Waals surface area (Å²) in [4.78, 5) is 2.50. The highest BCUT2D eigenvalue weighted by Gasteiger charge is 2.16. The van der Waals surface area contributed by atoms with E-state index in [4.69, 9.17) is 4.74 Å². The zero-order valence-corrected chi connectivity index (χ0v) is 11.1. The predicted octanol–water partition coefficient (Wildman–Crippen LogP) is 0.296. The van der Waals surface area contributed by atoms with Gasteiger partial charge in [0.15, 0.2) is 0 Å². The highest BCUT2D eigenvalue weighted by atomic mass is 16.5. The molecule has 2 rings (SSSR count). The zero-order valence-electron chi connectivity index (χ0n) is 11.1. The van der Waals surface area contributed by atoms with Crippen molar-refractivity contribution in [3.63, 3.8) is 0 Å². The molecule has 2 N–H and O–H groups in total. The second-order valence-corrected chi connectivity index (χ2v) is 5.43. The van der Waals surface area contributed by atoms with E-state index in [2.05, 4.69) is 22.5 Å². The number of hydrogen-bond acceptors (Lipinski definition) is 4. The van der Waals surface area contributed by atoms with Gasteiger partial charge in [-0.05, 0) is 45.3 Å². The molecule has 4 heteroatoms. The van der Waals surface area contributed by atoms with Gasteiger partial charge in [-0.3, -0.25) is 4.90 Å². The van der Waals surface area contributed by atoms with Crippen LogP contribution in [0, 0.1) is 5.92 Å². The highest BCUT2D eigenvalue weighted by Crippen LogP contribution is 2.08. The van der Waals surface area contributed by atoms with Crippen molar-refractivity contribution in [2.45, 2.75) is 25.8 Å². The number of rotatable bonds is 5. The van der Waals surface area contributed by atoms with Crippen LogP contribution in [0.15, 0.2) is 0 Å². The molecule has 2 atom stereocenters. The Labute approximate surface area is 105 Å². The first-order chi connectivity index (χ1) is 8.34. The Kier molecular flexibility index (Phi) is 5.71. The predicted molar refractivity (Wildman–Crippen MR) is 70.3 cm³/mol. The molecule has 0 aromatic carbocycles. The van der Waals surface area contributed by atoms with Crippen molar-refractivity contribution in [2.75, 3.05) is 52.5 Å². The summed E-state index contributed by atoms with van der Waals surface area (Å²) in [5.41, 5.74) is 0. The molecule has 2 saturated heterocycles. The van der Waals surface area contributed by atoms with Crippen molar-refractivity contribution < 1.29 is 4.74 Å². The summed E-state index contributed by atoms with van der Waals surface area (Å²) in [6.45, 7) is 11.0. The summed E-state index contributed by atoms with van der Waals surface area (Å²) in [5.74, 6) is 0.830. The maximum Gasteiger partial charge on any atom is 0.0594 e. The van der Waals surface area contributed by atoms with Gasteiger partial charge in [0.25, 0.3) is 0 Å². The van der Waals surface area contributed by atoms with Crippen LogP contribution in [0.5, 0.6) is 0 Å². The van der Waals surface area contributed by atoms with Gasteiger partial charge in [0.1, 0.15) is 0 Å². The molecule has 2 aliphatic rings. The van der Waals surface area contributed by atoms with E-state index in [9.17, 15) is 0 Å². The molecule has 0 saturated carbocycles. The average Bonchev–Trinajstić information content (AvgIpc) is 2.39. The molecular formula is C13H27N3O. The van der Waals surface area contributed by atoms with Crippen LogP contribution in [-0.4, -0.2) is 63.4 Å². The van der Waals surface area contributed by atoms with Crippen molar-refractivity contribution in [3.8, 4) is 0 Å². The van der Waals surface area contributed by atoms with Crippen LogP contribution < -0.4 is 10.6 Å². The van der Waals surface area contributed by atoms with E-state index in [-0.39, 0.29) is 0 Å². The first kappa shape index (κ1) is 13.3. The third kappa shape index (κ3) is 4.92. The quantitative estimate of drug-likeness (QED) is 0.726. The van der Waals surface area contributed by atoms with Crippen LogP contribution in [-0.2, 0) is 4.74 Å². The highest BCUT2D eigenvalue weighted by molar-refractivity contribution is 4.75. The number of nitrogens with one attached hydrogen (secondary N) is 2. The second kappa shape index (κ2) is 7.31. The van der Waals surface area contributed by atoms with Crippen LogP contribution >= 0.6 is 0 Å². The lowest BCUT2D eigenvalue weighted by molar-refractivity contribution is 0.0342. The van der Waals surface area contributed by atoms with Gasteiger partial charge in [0.05, 0.1) is 13.2 Å². The van der Waals surface area contributed by atoms with Crippen LogP contribution in [0.3, 0.4) is 0 Å². The Hall–Kier alpha value is -0.160. The maximum absolute atomic E-state index is 5.37. The van der Waals surface area contributed by atoms with Gasteiger partial charge in [0.2, 0.25) is 0 Å². The minimum atomic E-state index is 0.593. The summed E-state index contributed by atoms with van der Waals surface area (Å²) in [6.07, 6.45) is 2.72. The van der Waals surface area contributed by atoms with Crippen molar-refractivity contribution in [1.82, 2.24) is 15.5 Å². The standard InChI is InChI=1S/C13H27N3O/c1-12(11-16-5-7-17-8-6-16)15-10-13-3-2-4-14-9-13/h12-15H,2-11H2,1H3. The fourth-order valence-electron chi connectivity index (χ4n) is 2.70. The SMILES string of the molecule is CC(CN1CCOCC1)NCC1CCCNC1. The van der Waals surface area contributed by atoms with Crippen molar-refractivity contribution in [2.24, 2.45) is 5.92 Å².